The third-order valence-corrected chi connectivity index (χ3v) is 3.90. The summed E-state index contributed by atoms with van der Waals surface area (Å²) in [7, 11) is 0. The van der Waals surface area contributed by atoms with Crippen LogP contribution in [0.2, 0.25) is 0 Å². The number of ether oxygens (including phenoxy) is 2. The zero-order valence-electron chi connectivity index (χ0n) is 15.7. The van der Waals surface area contributed by atoms with Crippen LogP contribution >= 0.6 is 0 Å². The maximum atomic E-state index is 12.1. The number of rotatable bonds is 4. The first-order chi connectivity index (χ1) is 11.6. The van der Waals surface area contributed by atoms with Crippen molar-refractivity contribution in [3.63, 3.8) is 0 Å². The number of nitrogens with one attached hydrogen (secondary N) is 1. The van der Waals surface area contributed by atoms with Gasteiger partial charge in [-0.2, -0.15) is 0 Å². The van der Waals surface area contributed by atoms with E-state index in [4.69, 9.17) is 9.47 Å². The van der Waals surface area contributed by atoms with Crippen LogP contribution in [0, 0.1) is 0 Å². The first-order valence-corrected chi connectivity index (χ1v) is 8.65. The zero-order chi connectivity index (χ0) is 18.6. The molecule has 0 radical (unpaired) electrons. The first kappa shape index (κ1) is 19.1. The van der Waals surface area contributed by atoms with Crippen LogP contribution in [0.1, 0.15) is 52.6 Å². The van der Waals surface area contributed by atoms with Crippen LogP contribution in [0.3, 0.4) is 0 Å². The van der Waals surface area contributed by atoms with Gasteiger partial charge in [-0.3, -0.25) is 4.79 Å². The van der Waals surface area contributed by atoms with E-state index in [0.29, 0.717) is 13.1 Å². The Hall–Kier alpha value is -2.24. The molecule has 1 aromatic carbocycles. The quantitative estimate of drug-likeness (QED) is 0.907. The van der Waals surface area contributed by atoms with Crippen LogP contribution in [-0.4, -0.2) is 41.7 Å². The van der Waals surface area contributed by atoms with E-state index in [2.05, 4.69) is 5.32 Å². The molecule has 2 amide bonds. The fraction of sp³-hybridized carbons (Fsp3) is 0.579. The summed E-state index contributed by atoms with van der Waals surface area (Å²) >= 11 is 0. The summed E-state index contributed by atoms with van der Waals surface area (Å²) in [6.07, 6.45) is 0.452. The van der Waals surface area contributed by atoms with E-state index in [1.54, 1.807) is 4.90 Å². The summed E-state index contributed by atoms with van der Waals surface area (Å²) in [5, 5.41) is 2.85. The molecule has 6 heteroatoms. The standard InChI is InChI=1S/C19H28N2O4/c1-13(20-14(2)22)15-6-8-16(9-7-15)24-17-10-11-21(12-17)18(23)25-19(3,4)5/h6-9,13,17H,10-12H2,1-5H3,(H,20,22). The van der Waals surface area contributed by atoms with E-state index < -0.39 is 5.60 Å². The molecule has 0 saturated carbocycles. The van der Waals surface area contributed by atoms with Crippen molar-refractivity contribution in [2.45, 2.75) is 58.8 Å². The van der Waals surface area contributed by atoms with Crippen LogP contribution in [-0.2, 0) is 9.53 Å². The van der Waals surface area contributed by atoms with Crippen molar-refractivity contribution in [2.75, 3.05) is 13.1 Å². The second-order valence-electron chi connectivity index (χ2n) is 7.45. The Kier molecular flexibility index (Phi) is 5.93. The summed E-state index contributed by atoms with van der Waals surface area (Å²) in [5.74, 6) is 0.704. The molecule has 2 atom stereocenters. The normalized spacial score (nSPS) is 18.6. The number of nitrogens with zero attached hydrogens (tertiary/aromatic N) is 1. The van der Waals surface area contributed by atoms with E-state index in [9.17, 15) is 9.59 Å². The summed E-state index contributed by atoms with van der Waals surface area (Å²) < 4.78 is 11.4. The van der Waals surface area contributed by atoms with Crippen LogP contribution in [0.25, 0.3) is 0 Å². The Morgan fingerprint density at radius 3 is 2.44 bits per heavy atom. The van der Waals surface area contributed by atoms with Crippen molar-refractivity contribution in [1.82, 2.24) is 10.2 Å². The van der Waals surface area contributed by atoms with Crippen LogP contribution in [0.4, 0.5) is 4.79 Å². The minimum absolute atomic E-state index is 0.0360. The van der Waals surface area contributed by atoms with Gasteiger partial charge in [-0.25, -0.2) is 4.79 Å². The van der Waals surface area contributed by atoms with Crippen molar-refractivity contribution in [3.05, 3.63) is 29.8 Å². The van der Waals surface area contributed by atoms with Gasteiger partial charge in [-0.05, 0) is 45.4 Å². The predicted octanol–water partition coefficient (Wildman–Crippen LogP) is 3.27. The molecule has 1 aromatic rings. The Labute approximate surface area is 149 Å². The number of carbonyl (C=O) groups excluding carboxylic acids is 2. The largest absolute Gasteiger partial charge is 0.489 e. The highest BCUT2D eigenvalue weighted by atomic mass is 16.6. The van der Waals surface area contributed by atoms with Crippen LogP contribution in [0.5, 0.6) is 5.75 Å². The Morgan fingerprint density at radius 2 is 1.88 bits per heavy atom. The lowest BCUT2D eigenvalue weighted by atomic mass is 10.1. The maximum absolute atomic E-state index is 12.1. The van der Waals surface area contributed by atoms with Crippen molar-refractivity contribution in [2.24, 2.45) is 0 Å². The smallest absolute Gasteiger partial charge is 0.410 e. The Morgan fingerprint density at radius 1 is 1.24 bits per heavy atom. The molecular formula is C19H28N2O4. The van der Waals surface area contributed by atoms with Gasteiger partial charge in [-0.1, -0.05) is 12.1 Å². The topological polar surface area (TPSA) is 67.9 Å². The lowest BCUT2D eigenvalue weighted by Crippen LogP contribution is -2.36. The highest BCUT2D eigenvalue weighted by Crippen LogP contribution is 2.22. The third kappa shape index (κ3) is 5.96. The molecule has 0 spiro atoms. The Balaban J connectivity index is 1.87. The SMILES string of the molecule is CC(=O)NC(C)c1ccc(OC2CCN(C(=O)OC(C)(C)C)C2)cc1. The number of amides is 2. The van der Waals surface area contributed by atoms with E-state index in [1.165, 1.54) is 6.92 Å². The van der Waals surface area contributed by atoms with E-state index in [-0.39, 0.29) is 24.1 Å². The predicted molar refractivity (Wildman–Crippen MR) is 95.5 cm³/mol. The second kappa shape index (κ2) is 7.76. The van der Waals surface area contributed by atoms with Crippen molar-refractivity contribution in [3.8, 4) is 5.75 Å². The van der Waals surface area contributed by atoms with E-state index in [1.807, 2.05) is 52.0 Å². The van der Waals surface area contributed by atoms with Gasteiger partial charge >= 0.3 is 6.09 Å². The van der Waals surface area contributed by atoms with E-state index >= 15 is 0 Å². The summed E-state index contributed by atoms with van der Waals surface area (Å²) in [6.45, 7) is 10.2. The average molecular weight is 348 g/mol. The van der Waals surface area contributed by atoms with Gasteiger partial charge in [0.15, 0.2) is 0 Å². The third-order valence-electron chi connectivity index (χ3n) is 3.90. The number of hydrogen-bond acceptors (Lipinski definition) is 4. The average Bonchev–Trinajstić information content (AvgIpc) is 2.94. The molecule has 1 heterocycles. The van der Waals surface area contributed by atoms with Gasteiger partial charge < -0.3 is 19.7 Å². The fourth-order valence-electron chi connectivity index (χ4n) is 2.73. The first-order valence-electron chi connectivity index (χ1n) is 8.65. The highest BCUT2D eigenvalue weighted by molar-refractivity contribution is 5.73. The van der Waals surface area contributed by atoms with Gasteiger partial charge in [0.25, 0.3) is 0 Å². The Bertz CT molecular complexity index is 607. The molecule has 1 N–H and O–H groups in total. The molecule has 138 valence electrons. The van der Waals surface area contributed by atoms with Crippen LogP contribution < -0.4 is 10.1 Å². The molecule has 0 aliphatic carbocycles. The van der Waals surface area contributed by atoms with E-state index in [0.717, 1.165) is 17.7 Å². The van der Waals surface area contributed by atoms with Gasteiger partial charge in [0, 0.05) is 19.9 Å². The van der Waals surface area contributed by atoms with Gasteiger partial charge in [0.05, 0.1) is 12.6 Å². The molecule has 1 saturated heterocycles. The fourth-order valence-corrected chi connectivity index (χ4v) is 2.73. The molecule has 1 fully saturated rings. The molecule has 0 aromatic heterocycles. The van der Waals surface area contributed by atoms with Crippen molar-refractivity contribution >= 4 is 12.0 Å². The number of carbonyl (C=O) groups is 2. The minimum Gasteiger partial charge on any atom is -0.489 e. The number of hydrogen-bond donors (Lipinski definition) is 1. The lowest BCUT2D eigenvalue weighted by Gasteiger charge is -2.24. The molecule has 25 heavy (non-hydrogen) atoms. The summed E-state index contributed by atoms with van der Waals surface area (Å²) in [5.41, 5.74) is 0.528. The second-order valence-corrected chi connectivity index (χ2v) is 7.45. The molecule has 0 bridgehead atoms. The molecule has 2 rings (SSSR count). The van der Waals surface area contributed by atoms with Gasteiger partial charge in [0.2, 0.25) is 5.91 Å². The summed E-state index contributed by atoms with van der Waals surface area (Å²) in [4.78, 5) is 24.9. The molecule has 1 aliphatic heterocycles. The van der Waals surface area contributed by atoms with Gasteiger partial charge in [0.1, 0.15) is 17.5 Å². The zero-order valence-corrected chi connectivity index (χ0v) is 15.7. The van der Waals surface area contributed by atoms with Crippen LogP contribution in [0.15, 0.2) is 24.3 Å². The molecule has 2 unspecified atom stereocenters. The number of likely N-dealkylation sites (tertiary alicyclic amines) is 1. The molecule has 6 nitrogen and oxygen atoms in total. The lowest BCUT2D eigenvalue weighted by molar-refractivity contribution is -0.119. The molecule has 1 aliphatic rings. The molecular weight excluding hydrogens is 320 g/mol. The minimum atomic E-state index is -0.490. The highest BCUT2D eigenvalue weighted by Gasteiger charge is 2.30. The van der Waals surface area contributed by atoms with Gasteiger partial charge in [-0.15, -0.1) is 0 Å². The van der Waals surface area contributed by atoms with Crippen molar-refractivity contribution in [1.29, 1.82) is 0 Å². The monoisotopic (exact) mass is 348 g/mol. The maximum Gasteiger partial charge on any atom is 0.410 e. The summed E-state index contributed by atoms with van der Waals surface area (Å²) in [6, 6.07) is 7.63. The number of benzene rings is 1. The van der Waals surface area contributed by atoms with Crippen molar-refractivity contribution < 1.29 is 19.1 Å².